The lowest BCUT2D eigenvalue weighted by molar-refractivity contribution is 0.0925. The summed E-state index contributed by atoms with van der Waals surface area (Å²) >= 11 is 0. The number of nitrogens with zero attached hydrogens (tertiary/aromatic N) is 5. The van der Waals surface area contributed by atoms with Crippen LogP contribution in [-0.2, 0) is 6.54 Å². The molecule has 3 aromatic rings. The third kappa shape index (κ3) is 3.84. The van der Waals surface area contributed by atoms with Gasteiger partial charge in [0.25, 0.3) is 0 Å². The molecule has 0 amide bonds. The molecule has 0 unspecified atom stereocenters. The molecule has 0 spiro atoms. The van der Waals surface area contributed by atoms with Gasteiger partial charge in [-0.15, -0.1) is 0 Å². The third-order valence-electron chi connectivity index (χ3n) is 5.34. The van der Waals surface area contributed by atoms with Crippen LogP contribution in [0.4, 0.5) is 5.95 Å². The average Bonchev–Trinajstić information content (AvgIpc) is 3.33. The lowest BCUT2D eigenvalue weighted by atomic mass is 10.1. The Hall–Kier alpha value is -2.93. The maximum absolute atomic E-state index is 12.9. The van der Waals surface area contributed by atoms with Crippen LogP contribution in [-0.4, -0.2) is 57.9 Å². The second kappa shape index (κ2) is 7.98. The number of furan rings is 1. The Balaban J connectivity index is 1.38. The first kappa shape index (κ1) is 18.4. The van der Waals surface area contributed by atoms with Crippen molar-refractivity contribution in [3.63, 3.8) is 0 Å². The van der Waals surface area contributed by atoms with Crippen LogP contribution in [0.25, 0.3) is 0 Å². The lowest BCUT2D eigenvalue weighted by Gasteiger charge is -2.34. The first-order valence-corrected chi connectivity index (χ1v) is 9.58. The molecule has 4 rings (SSSR count). The number of piperazine rings is 1. The summed E-state index contributed by atoms with van der Waals surface area (Å²) in [6, 6.07) is 7.65. The SMILES string of the molecule is Cc1cc(C(=O)CN2CCN(c3ncccn3)CC2)c(C)n1Cc1ccco1. The van der Waals surface area contributed by atoms with Crippen molar-refractivity contribution in [1.29, 1.82) is 0 Å². The molecule has 146 valence electrons. The van der Waals surface area contributed by atoms with Gasteiger partial charge in [-0.3, -0.25) is 9.69 Å². The summed E-state index contributed by atoms with van der Waals surface area (Å²) in [5.41, 5.74) is 2.87. The molecular weight excluding hydrogens is 354 g/mol. The van der Waals surface area contributed by atoms with Crippen LogP contribution < -0.4 is 4.90 Å². The molecular formula is C21H25N5O2. The van der Waals surface area contributed by atoms with E-state index in [0.29, 0.717) is 13.1 Å². The third-order valence-corrected chi connectivity index (χ3v) is 5.34. The van der Waals surface area contributed by atoms with Gasteiger partial charge in [0.05, 0.1) is 19.4 Å². The number of aryl methyl sites for hydroxylation is 1. The highest BCUT2D eigenvalue weighted by Gasteiger charge is 2.23. The van der Waals surface area contributed by atoms with Gasteiger partial charge in [-0.2, -0.15) is 0 Å². The molecule has 1 aliphatic heterocycles. The van der Waals surface area contributed by atoms with Crippen molar-refractivity contribution in [2.75, 3.05) is 37.6 Å². The van der Waals surface area contributed by atoms with Gasteiger partial charge in [-0.05, 0) is 38.1 Å². The number of carbonyl (C=O) groups excluding carboxylic acids is 1. The Labute approximate surface area is 164 Å². The van der Waals surface area contributed by atoms with Gasteiger partial charge in [0, 0.05) is 55.5 Å². The predicted molar refractivity (Wildman–Crippen MR) is 107 cm³/mol. The van der Waals surface area contributed by atoms with Crippen LogP contribution in [0.1, 0.15) is 27.5 Å². The van der Waals surface area contributed by atoms with Gasteiger partial charge < -0.3 is 13.9 Å². The van der Waals surface area contributed by atoms with Gasteiger partial charge in [0.2, 0.25) is 5.95 Å². The lowest BCUT2D eigenvalue weighted by Crippen LogP contribution is -2.48. The van der Waals surface area contributed by atoms with Crippen molar-refractivity contribution in [3.8, 4) is 0 Å². The number of rotatable bonds is 6. The van der Waals surface area contributed by atoms with E-state index in [1.165, 1.54) is 0 Å². The average molecular weight is 379 g/mol. The van der Waals surface area contributed by atoms with Crippen molar-refractivity contribution in [3.05, 3.63) is 65.6 Å². The van der Waals surface area contributed by atoms with Gasteiger partial charge >= 0.3 is 0 Å². The zero-order valence-corrected chi connectivity index (χ0v) is 16.3. The fraction of sp³-hybridized carbons (Fsp3) is 0.381. The quantitative estimate of drug-likeness (QED) is 0.613. The zero-order chi connectivity index (χ0) is 19.5. The van der Waals surface area contributed by atoms with Crippen LogP contribution in [0, 0.1) is 13.8 Å². The number of carbonyl (C=O) groups is 1. The van der Waals surface area contributed by atoms with E-state index in [1.807, 2.05) is 38.1 Å². The molecule has 1 saturated heterocycles. The first-order valence-electron chi connectivity index (χ1n) is 9.58. The van der Waals surface area contributed by atoms with Crippen molar-refractivity contribution in [1.82, 2.24) is 19.4 Å². The molecule has 1 fully saturated rings. The van der Waals surface area contributed by atoms with E-state index in [4.69, 9.17) is 4.42 Å². The smallest absolute Gasteiger partial charge is 0.225 e. The summed E-state index contributed by atoms with van der Waals surface area (Å²) in [6.07, 6.45) is 5.20. The van der Waals surface area contributed by atoms with Crippen molar-refractivity contribution in [2.45, 2.75) is 20.4 Å². The topological polar surface area (TPSA) is 67.4 Å². The summed E-state index contributed by atoms with van der Waals surface area (Å²) < 4.78 is 7.59. The van der Waals surface area contributed by atoms with E-state index in [1.54, 1.807) is 18.7 Å². The summed E-state index contributed by atoms with van der Waals surface area (Å²) in [4.78, 5) is 25.9. The maximum Gasteiger partial charge on any atom is 0.225 e. The van der Waals surface area contributed by atoms with E-state index in [2.05, 4.69) is 24.3 Å². The number of ketones is 1. The van der Waals surface area contributed by atoms with E-state index >= 15 is 0 Å². The zero-order valence-electron chi connectivity index (χ0n) is 16.3. The summed E-state index contributed by atoms with van der Waals surface area (Å²) in [6.45, 7) is 8.44. The summed E-state index contributed by atoms with van der Waals surface area (Å²) in [5, 5.41) is 0. The number of hydrogen-bond donors (Lipinski definition) is 0. The Morgan fingerprint density at radius 3 is 2.54 bits per heavy atom. The molecule has 0 saturated carbocycles. The molecule has 0 aromatic carbocycles. The van der Waals surface area contributed by atoms with Crippen LogP contribution in [0.5, 0.6) is 0 Å². The number of aromatic nitrogens is 3. The van der Waals surface area contributed by atoms with E-state index < -0.39 is 0 Å². The summed E-state index contributed by atoms with van der Waals surface area (Å²) in [5.74, 6) is 1.82. The highest BCUT2D eigenvalue weighted by atomic mass is 16.3. The van der Waals surface area contributed by atoms with Crippen LogP contribution in [0.2, 0.25) is 0 Å². The van der Waals surface area contributed by atoms with Gasteiger partial charge in [0.15, 0.2) is 5.78 Å². The second-order valence-electron chi connectivity index (χ2n) is 7.19. The molecule has 28 heavy (non-hydrogen) atoms. The van der Waals surface area contributed by atoms with Gasteiger partial charge in [0.1, 0.15) is 5.76 Å². The fourth-order valence-electron chi connectivity index (χ4n) is 3.73. The standard InChI is InChI=1S/C21H25N5O2/c1-16-13-19(17(2)26(16)14-18-5-3-12-28-18)20(27)15-24-8-10-25(11-9-24)21-22-6-4-7-23-21/h3-7,12-13H,8-11,14-15H2,1-2H3. The Bertz CT molecular complexity index is 925. The Morgan fingerprint density at radius 2 is 1.86 bits per heavy atom. The number of hydrogen-bond acceptors (Lipinski definition) is 6. The van der Waals surface area contributed by atoms with Crippen molar-refractivity contribution < 1.29 is 9.21 Å². The molecule has 7 heteroatoms. The molecule has 0 aliphatic carbocycles. The highest BCUT2D eigenvalue weighted by molar-refractivity contribution is 5.99. The Morgan fingerprint density at radius 1 is 1.11 bits per heavy atom. The van der Waals surface area contributed by atoms with Crippen LogP contribution in [0.3, 0.4) is 0 Å². The minimum Gasteiger partial charge on any atom is -0.467 e. The second-order valence-corrected chi connectivity index (χ2v) is 7.19. The molecule has 1 aliphatic rings. The minimum atomic E-state index is 0.170. The molecule has 0 radical (unpaired) electrons. The predicted octanol–water partition coefficient (Wildman–Crippen LogP) is 2.54. The van der Waals surface area contributed by atoms with E-state index in [9.17, 15) is 4.79 Å². The summed E-state index contributed by atoms with van der Waals surface area (Å²) in [7, 11) is 0. The monoisotopic (exact) mass is 379 g/mol. The molecule has 0 atom stereocenters. The van der Waals surface area contributed by atoms with Crippen LogP contribution >= 0.6 is 0 Å². The van der Waals surface area contributed by atoms with Crippen molar-refractivity contribution >= 4 is 11.7 Å². The molecule has 0 bridgehead atoms. The number of Topliss-reactive ketones (excluding diaryl/α,β-unsaturated/α-hetero) is 1. The van der Waals surface area contributed by atoms with Crippen molar-refractivity contribution in [2.24, 2.45) is 0 Å². The minimum absolute atomic E-state index is 0.170. The molecule has 3 aromatic heterocycles. The highest BCUT2D eigenvalue weighted by Crippen LogP contribution is 2.19. The van der Waals surface area contributed by atoms with E-state index in [0.717, 1.165) is 54.8 Å². The van der Waals surface area contributed by atoms with Gasteiger partial charge in [-0.1, -0.05) is 0 Å². The molecule has 0 N–H and O–H groups in total. The molecule has 7 nitrogen and oxygen atoms in total. The van der Waals surface area contributed by atoms with Crippen LogP contribution in [0.15, 0.2) is 47.3 Å². The Kier molecular flexibility index (Phi) is 5.25. The largest absolute Gasteiger partial charge is 0.467 e. The fourth-order valence-corrected chi connectivity index (χ4v) is 3.73. The van der Waals surface area contributed by atoms with Gasteiger partial charge in [-0.25, -0.2) is 9.97 Å². The maximum atomic E-state index is 12.9. The normalized spacial score (nSPS) is 15.1. The van der Waals surface area contributed by atoms with E-state index in [-0.39, 0.29) is 5.78 Å². The number of anilines is 1. The first-order chi connectivity index (χ1) is 13.6. The molecule has 4 heterocycles.